The number of sulfonamides is 1. The van der Waals surface area contributed by atoms with Crippen molar-refractivity contribution in [3.05, 3.63) is 66.2 Å². The molecule has 9 heteroatoms. The van der Waals surface area contributed by atoms with Gasteiger partial charge in [-0.25, -0.2) is 18.1 Å². The first kappa shape index (κ1) is 19.3. The van der Waals surface area contributed by atoms with Crippen LogP contribution in [0.25, 0.3) is 22.2 Å². The van der Waals surface area contributed by atoms with Crippen LogP contribution >= 0.6 is 11.3 Å². The SMILES string of the molecule is O=C(CCNS(=O)(=O)c1ccccc1)Nc1nc(-c2c[nH]c3ccccc23)cs1. The Hall–Kier alpha value is -3.01. The summed E-state index contributed by atoms with van der Waals surface area (Å²) < 4.78 is 26.7. The van der Waals surface area contributed by atoms with E-state index in [1.54, 1.807) is 18.2 Å². The summed E-state index contributed by atoms with van der Waals surface area (Å²) in [6.45, 7) is 0.00371. The number of aromatic nitrogens is 2. The fourth-order valence-electron chi connectivity index (χ4n) is 2.90. The van der Waals surface area contributed by atoms with Crippen LogP contribution in [0.2, 0.25) is 0 Å². The molecule has 0 spiro atoms. The summed E-state index contributed by atoms with van der Waals surface area (Å²) in [4.78, 5) is 20.0. The molecule has 0 unspecified atom stereocenters. The maximum Gasteiger partial charge on any atom is 0.240 e. The third kappa shape index (κ3) is 4.37. The number of benzene rings is 2. The molecule has 4 aromatic rings. The summed E-state index contributed by atoms with van der Waals surface area (Å²) in [5, 5.41) is 6.13. The van der Waals surface area contributed by atoms with E-state index in [2.05, 4.69) is 20.0 Å². The van der Waals surface area contributed by atoms with E-state index >= 15 is 0 Å². The van der Waals surface area contributed by atoms with Gasteiger partial charge in [0.1, 0.15) is 0 Å². The van der Waals surface area contributed by atoms with Crippen LogP contribution in [0, 0.1) is 0 Å². The Morgan fingerprint density at radius 3 is 2.66 bits per heavy atom. The van der Waals surface area contributed by atoms with Crippen molar-refractivity contribution in [1.82, 2.24) is 14.7 Å². The predicted octanol–water partition coefficient (Wildman–Crippen LogP) is 3.60. The fraction of sp³-hybridized carbons (Fsp3) is 0.100. The lowest BCUT2D eigenvalue weighted by atomic mass is 10.1. The molecule has 2 aromatic carbocycles. The van der Waals surface area contributed by atoms with E-state index in [1.807, 2.05) is 35.8 Å². The molecule has 0 aliphatic heterocycles. The average Bonchev–Trinajstić information content (AvgIpc) is 3.35. The molecule has 148 valence electrons. The van der Waals surface area contributed by atoms with Crippen LogP contribution in [-0.2, 0) is 14.8 Å². The summed E-state index contributed by atoms with van der Waals surface area (Å²) in [5.41, 5.74) is 2.76. The largest absolute Gasteiger partial charge is 0.360 e. The lowest BCUT2D eigenvalue weighted by Gasteiger charge is -2.06. The molecule has 0 fully saturated rings. The van der Waals surface area contributed by atoms with E-state index in [0.717, 1.165) is 22.2 Å². The van der Waals surface area contributed by atoms with Gasteiger partial charge < -0.3 is 10.3 Å². The van der Waals surface area contributed by atoms with Gasteiger partial charge in [0.15, 0.2) is 5.13 Å². The number of para-hydroxylation sites is 1. The third-order valence-electron chi connectivity index (χ3n) is 4.31. The van der Waals surface area contributed by atoms with E-state index in [0.29, 0.717) is 5.13 Å². The van der Waals surface area contributed by atoms with Crippen molar-refractivity contribution in [3.8, 4) is 11.3 Å². The zero-order valence-corrected chi connectivity index (χ0v) is 16.9. The van der Waals surface area contributed by atoms with Crippen molar-refractivity contribution < 1.29 is 13.2 Å². The molecule has 0 aliphatic rings. The number of hydrogen-bond donors (Lipinski definition) is 3. The predicted molar refractivity (Wildman–Crippen MR) is 114 cm³/mol. The highest BCUT2D eigenvalue weighted by atomic mass is 32.2. The van der Waals surface area contributed by atoms with Crippen LogP contribution in [0.15, 0.2) is 71.1 Å². The number of hydrogen-bond acceptors (Lipinski definition) is 5. The van der Waals surface area contributed by atoms with Gasteiger partial charge in [0.05, 0.1) is 10.6 Å². The zero-order valence-electron chi connectivity index (χ0n) is 15.3. The number of fused-ring (bicyclic) bond motifs is 1. The van der Waals surface area contributed by atoms with Crippen molar-refractivity contribution in [2.45, 2.75) is 11.3 Å². The van der Waals surface area contributed by atoms with Crippen LogP contribution in [0.4, 0.5) is 5.13 Å². The first-order chi connectivity index (χ1) is 14.0. The molecule has 3 N–H and O–H groups in total. The Bertz CT molecular complexity index is 1250. The summed E-state index contributed by atoms with van der Waals surface area (Å²) in [6.07, 6.45) is 1.90. The molecule has 1 amide bonds. The molecular weight excluding hydrogens is 408 g/mol. The van der Waals surface area contributed by atoms with E-state index in [-0.39, 0.29) is 23.8 Å². The summed E-state index contributed by atoms with van der Waals surface area (Å²) in [5.74, 6) is -0.305. The number of anilines is 1. The van der Waals surface area contributed by atoms with Crippen LogP contribution in [0.1, 0.15) is 6.42 Å². The van der Waals surface area contributed by atoms with Crippen LogP contribution in [0.5, 0.6) is 0 Å². The molecule has 0 radical (unpaired) electrons. The average molecular weight is 427 g/mol. The van der Waals surface area contributed by atoms with Crippen molar-refractivity contribution >= 4 is 43.3 Å². The Balaban J connectivity index is 1.35. The molecular formula is C20H18N4O3S2. The molecule has 4 rings (SSSR count). The number of nitrogens with one attached hydrogen (secondary N) is 3. The smallest absolute Gasteiger partial charge is 0.240 e. The number of carbonyl (C=O) groups is 1. The summed E-state index contributed by atoms with van der Waals surface area (Å²) in [7, 11) is -3.62. The quantitative estimate of drug-likeness (QED) is 0.420. The second-order valence-corrected chi connectivity index (χ2v) is 8.92. The second kappa shape index (κ2) is 8.16. The minimum atomic E-state index is -3.62. The summed E-state index contributed by atoms with van der Waals surface area (Å²) in [6, 6.07) is 16.0. The molecule has 0 atom stereocenters. The molecule has 0 aliphatic carbocycles. The van der Waals surface area contributed by atoms with E-state index in [4.69, 9.17) is 0 Å². The molecule has 0 bridgehead atoms. The van der Waals surface area contributed by atoms with Gasteiger partial charge in [0.25, 0.3) is 0 Å². The molecule has 2 aromatic heterocycles. The minimum Gasteiger partial charge on any atom is -0.360 e. The van der Waals surface area contributed by atoms with Crippen LogP contribution < -0.4 is 10.0 Å². The minimum absolute atomic E-state index is 0.00371. The van der Waals surface area contributed by atoms with Gasteiger partial charge in [0.2, 0.25) is 15.9 Å². The van der Waals surface area contributed by atoms with Crippen LogP contribution in [0.3, 0.4) is 0 Å². The van der Waals surface area contributed by atoms with Crippen molar-refractivity contribution in [2.75, 3.05) is 11.9 Å². The monoisotopic (exact) mass is 426 g/mol. The number of H-pyrrole nitrogens is 1. The van der Waals surface area contributed by atoms with Gasteiger partial charge in [-0.2, -0.15) is 0 Å². The number of carbonyl (C=O) groups excluding carboxylic acids is 1. The molecule has 29 heavy (non-hydrogen) atoms. The summed E-state index contributed by atoms with van der Waals surface area (Å²) >= 11 is 1.32. The normalized spacial score (nSPS) is 11.6. The molecule has 0 saturated carbocycles. The molecule has 7 nitrogen and oxygen atoms in total. The lowest BCUT2D eigenvalue weighted by Crippen LogP contribution is -2.27. The van der Waals surface area contributed by atoms with Gasteiger partial charge >= 0.3 is 0 Å². The number of amides is 1. The zero-order chi connectivity index (χ0) is 20.3. The van der Waals surface area contributed by atoms with Gasteiger partial charge in [-0.3, -0.25) is 4.79 Å². The first-order valence-electron chi connectivity index (χ1n) is 8.89. The Kier molecular flexibility index (Phi) is 5.43. The lowest BCUT2D eigenvalue weighted by molar-refractivity contribution is -0.116. The molecule has 0 saturated heterocycles. The highest BCUT2D eigenvalue weighted by molar-refractivity contribution is 7.89. The van der Waals surface area contributed by atoms with E-state index in [9.17, 15) is 13.2 Å². The molecule has 2 heterocycles. The topological polar surface area (TPSA) is 104 Å². The first-order valence-corrected chi connectivity index (χ1v) is 11.3. The maximum absolute atomic E-state index is 12.2. The fourth-order valence-corrected chi connectivity index (χ4v) is 4.68. The van der Waals surface area contributed by atoms with Gasteiger partial charge in [-0.1, -0.05) is 36.4 Å². The van der Waals surface area contributed by atoms with E-state index in [1.165, 1.54) is 23.5 Å². The standard InChI is InChI=1S/C20H18N4O3S2/c25-19(10-11-22-29(26,27)14-6-2-1-3-7-14)24-20-23-18(13-28-20)16-12-21-17-9-5-4-8-15(16)17/h1-9,12-13,21-22H,10-11H2,(H,23,24,25). The highest BCUT2D eigenvalue weighted by Gasteiger charge is 2.15. The van der Waals surface area contributed by atoms with Crippen molar-refractivity contribution in [2.24, 2.45) is 0 Å². The highest BCUT2D eigenvalue weighted by Crippen LogP contribution is 2.30. The number of thiazole rings is 1. The number of aromatic amines is 1. The maximum atomic E-state index is 12.2. The van der Waals surface area contributed by atoms with E-state index < -0.39 is 10.0 Å². The van der Waals surface area contributed by atoms with Gasteiger partial charge in [-0.15, -0.1) is 11.3 Å². The van der Waals surface area contributed by atoms with Gasteiger partial charge in [-0.05, 0) is 18.2 Å². The Morgan fingerprint density at radius 1 is 1.07 bits per heavy atom. The Morgan fingerprint density at radius 2 is 1.83 bits per heavy atom. The second-order valence-electron chi connectivity index (χ2n) is 6.29. The van der Waals surface area contributed by atoms with Crippen LogP contribution in [-0.4, -0.2) is 30.8 Å². The third-order valence-corrected chi connectivity index (χ3v) is 6.55. The van der Waals surface area contributed by atoms with Crippen molar-refractivity contribution in [1.29, 1.82) is 0 Å². The van der Waals surface area contributed by atoms with Gasteiger partial charge in [0, 0.05) is 41.0 Å². The Labute approximate surface area is 171 Å². The number of nitrogens with zero attached hydrogens (tertiary/aromatic N) is 1. The van der Waals surface area contributed by atoms with Crippen molar-refractivity contribution in [3.63, 3.8) is 0 Å². The number of rotatable bonds is 7.